The molecule has 0 atom stereocenters. The van der Waals surface area contributed by atoms with E-state index in [0.29, 0.717) is 65.7 Å². The molecule has 0 rings (SSSR count). The molecule has 0 aliphatic rings. The van der Waals surface area contributed by atoms with Gasteiger partial charge in [-0.05, 0) is 19.3 Å². The lowest BCUT2D eigenvalue weighted by Crippen LogP contribution is -2.12. The van der Waals surface area contributed by atoms with Crippen LogP contribution in [0.4, 0.5) is 0 Å². The highest BCUT2D eigenvalue weighted by Crippen LogP contribution is 2.09. The van der Waals surface area contributed by atoms with Crippen LogP contribution in [0.25, 0.3) is 0 Å². The third-order valence-corrected chi connectivity index (χ3v) is 5.19. The molecule has 0 aromatic heterocycles. The fraction of sp³-hybridized carbons (Fsp3) is 0.962. The van der Waals surface area contributed by atoms with Gasteiger partial charge in [-0.1, -0.05) is 78.1 Å². The second-order valence-corrected chi connectivity index (χ2v) is 8.31. The van der Waals surface area contributed by atoms with Crippen molar-refractivity contribution in [3.63, 3.8) is 0 Å². The van der Waals surface area contributed by atoms with Gasteiger partial charge < -0.3 is 23.7 Å². The van der Waals surface area contributed by atoms with E-state index in [9.17, 15) is 4.79 Å². The summed E-state index contributed by atoms with van der Waals surface area (Å²) >= 11 is 0. The van der Waals surface area contributed by atoms with Crippen LogP contribution >= 0.6 is 0 Å². The molecule has 0 fully saturated rings. The maximum atomic E-state index is 11.5. The zero-order chi connectivity index (χ0) is 23.4. The molecule has 0 aromatic rings. The Morgan fingerprint density at radius 1 is 0.438 bits per heavy atom. The Morgan fingerprint density at radius 2 is 0.812 bits per heavy atom. The minimum atomic E-state index is -0.129. The van der Waals surface area contributed by atoms with Gasteiger partial charge in [0.05, 0.1) is 46.2 Å². The Hall–Kier alpha value is -0.690. The molecule has 0 heterocycles. The number of hydrogen-bond donors (Lipinski definition) is 0. The van der Waals surface area contributed by atoms with Crippen molar-refractivity contribution in [1.82, 2.24) is 0 Å². The molecular formula is C26H52O6. The SMILES string of the molecule is CCCCCCCCCCCOCCOCCOCCOCCCC(=O)OCCCCC. The zero-order valence-electron chi connectivity index (χ0n) is 21.2. The normalized spacial score (nSPS) is 11.2. The quantitative estimate of drug-likeness (QED) is 0.109. The average molecular weight is 461 g/mol. The van der Waals surface area contributed by atoms with Crippen molar-refractivity contribution in [1.29, 1.82) is 0 Å². The summed E-state index contributed by atoms with van der Waals surface area (Å²) in [4.78, 5) is 11.5. The largest absolute Gasteiger partial charge is 0.466 e. The molecule has 0 radical (unpaired) electrons. The van der Waals surface area contributed by atoms with Crippen LogP contribution in [0.15, 0.2) is 0 Å². The Balaban J connectivity index is 3.07. The van der Waals surface area contributed by atoms with E-state index in [2.05, 4.69) is 13.8 Å². The predicted octanol–water partition coefficient (Wildman–Crippen LogP) is 6.10. The molecule has 6 heteroatoms. The second kappa shape index (κ2) is 28.3. The van der Waals surface area contributed by atoms with Crippen LogP contribution in [0.3, 0.4) is 0 Å². The fourth-order valence-electron chi connectivity index (χ4n) is 3.21. The minimum absolute atomic E-state index is 0.129. The van der Waals surface area contributed by atoms with Gasteiger partial charge in [-0.25, -0.2) is 0 Å². The molecule has 0 saturated carbocycles. The van der Waals surface area contributed by atoms with Gasteiger partial charge in [0.25, 0.3) is 0 Å². The van der Waals surface area contributed by atoms with Crippen molar-refractivity contribution < 1.29 is 28.5 Å². The first-order valence-corrected chi connectivity index (χ1v) is 13.3. The lowest BCUT2D eigenvalue weighted by Gasteiger charge is -2.08. The summed E-state index contributed by atoms with van der Waals surface area (Å²) in [5.41, 5.74) is 0. The molecule has 0 bridgehead atoms. The summed E-state index contributed by atoms with van der Waals surface area (Å²) in [6, 6.07) is 0. The first-order valence-electron chi connectivity index (χ1n) is 13.3. The number of carbonyl (C=O) groups excluding carboxylic acids is 1. The summed E-state index contributed by atoms with van der Waals surface area (Å²) < 4.78 is 27.2. The first kappa shape index (κ1) is 31.3. The number of ether oxygens (including phenoxy) is 5. The van der Waals surface area contributed by atoms with E-state index >= 15 is 0 Å². The van der Waals surface area contributed by atoms with Crippen LogP contribution in [-0.2, 0) is 28.5 Å². The highest BCUT2D eigenvalue weighted by atomic mass is 16.6. The maximum absolute atomic E-state index is 11.5. The molecule has 0 amide bonds. The van der Waals surface area contributed by atoms with Crippen LogP contribution in [-0.4, -0.2) is 65.4 Å². The molecule has 0 unspecified atom stereocenters. The van der Waals surface area contributed by atoms with Gasteiger partial charge in [0, 0.05) is 19.6 Å². The molecule has 0 spiro atoms. The average Bonchev–Trinajstić information content (AvgIpc) is 2.80. The van der Waals surface area contributed by atoms with Crippen molar-refractivity contribution in [2.45, 2.75) is 104 Å². The first-order chi connectivity index (χ1) is 15.8. The van der Waals surface area contributed by atoms with Gasteiger partial charge >= 0.3 is 5.97 Å². The summed E-state index contributed by atoms with van der Waals surface area (Å²) in [7, 11) is 0. The smallest absolute Gasteiger partial charge is 0.305 e. The Kier molecular flexibility index (Phi) is 27.7. The van der Waals surface area contributed by atoms with Gasteiger partial charge in [0.2, 0.25) is 0 Å². The molecule has 6 nitrogen and oxygen atoms in total. The van der Waals surface area contributed by atoms with Crippen LogP contribution in [0.2, 0.25) is 0 Å². The molecule has 0 aliphatic carbocycles. The molecule has 0 aliphatic heterocycles. The summed E-state index contributed by atoms with van der Waals surface area (Å²) in [5.74, 6) is -0.129. The van der Waals surface area contributed by atoms with Gasteiger partial charge in [-0.2, -0.15) is 0 Å². The topological polar surface area (TPSA) is 63.2 Å². The fourth-order valence-corrected chi connectivity index (χ4v) is 3.21. The standard InChI is InChI=1S/C26H52O6/c1-3-5-7-8-9-10-11-12-14-17-28-20-22-30-24-25-31-23-21-29-18-15-16-26(27)32-19-13-6-4-2/h3-25H2,1-2H3. The Bertz CT molecular complexity index is 364. The number of rotatable bonds is 27. The van der Waals surface area contributed by atoms with Crippen LogP contribution < -0.4 is 0 Å². The minimum Gasteiger partial charge on any atom is -0.466 e. The van der Waals surface area contributed by atoms with Crippen molar-refractivity contribution in [2.75, 3.05) is 59.5 Å². The summed E-state index contributed by atoms with van der Waals surface area (Å²) in [5, 5.41) is 0. The predicted molar refractivity (Wildman–Crippen MR) is 130 cm³/mol. The van der Waals surface area contributed by atoms with E-state index in [-0.39, 0.29) is 5.97 Å². The van der Waals surface area contributed by atoms with Crippen molar-refractivity contribution >= 4 is 5.97 Å². The van der Waals surface area contributed by atoms with E-state index in [4.69, 9.17) is 23.7 Å². The third-order valence-electron chi connectivity index (χ3n) is 5.19. The highest BCUT2D eigenvalue weighted by molar-refractivity contribution is 5.69. The number of unbranched alkanes of at least 4 members (excludes halogenated alkanes) is 10. The van der Waals surface area contributed by atoms with Crippen LogP contribution in [0.1, 0.15) is 104 Å². The number of esters is 1. The summed E-state index contributed by atoms with van der Waals surface area (Å²) in [6.07, 6.45) is 16.3. The molecule has 0 N–H and O–H groups in total. The number of hydrogen-bond acceptors (Lipinski definition) is 6. The van der Waals surface area contributed by atoms with Gasteiger partial charge in [0.15, 0.2) is 0 Å². The molecular weight excluding hydrogens is 408 g/mol. The monoisotopic (exact) mass is 460 g/mol. The van der Waals surface area contributed by atoms with E-state index in [1.807, 2.05) is 0 Å². The Morgan fingerprint density at radius 3 is 1.34 bits per heavy atom. The lowest BCUT2D eigenvalue weighted by molar-refractivity contribution is -0.144. The molecule has 0 saturated heterocycles. The zero-order valence-corrected chi connectivity index (χ0v) is 21.2. The van der Waals surface area contributed by atoms with E-state index in [0.717, 1.165) is 32.3 Å². The second-order valence-electron chi connectivity index (χ2n) is 8.31. The Labute approximate surface area is 198 Å². The van der Waals surface area contributed by atoms with Crippen molar-refractivity contribution in [3.8, 4) is 0 Å². The van der Waals surface area contributed by atoms with Crippen molar-refractivity contribution in [2.24, 2.45) is 0 Å². The van der Waals surface area contributed by atoms with E-state index in [1.165, 1.54) is 51.4 Å². The van der Waals surface area contributed by atoms with E-state index < -0.39 is 0 Å². The lowest BCUT2D eigenvalue weighted by atomic mass is 10.1. The van der Waals surface area contributed by atoms with E-state index in [1.54, 1.807) is 0 Å². The van der Waals surface area contributed by atoms with Gasteiger partial charge in [-0.3, -0.25) is 4.79 Å². The number of carbonyl (C=O) groups is 1. The third kappa shape index (κ3) is 27.3. The van der Waals surface area contributed by atoms with Crippen LogP contribution in [0, 0.1) is 0 Å². The maximum Gasteiger partial charge on any atom is 0.305 e. The summed E-state index contributed by atoms with van der Waals surface area (Å²) in [6.45, 7) is 9.81. The van der Waals surface area contributed by atoms with Gasteiger partial charge in [0.1, 0.15) is 0 Å². The van der Waals surface area contributed by atoms with Crippen LogP contribution in [0.5, 0.6) is 0 Å². The van der Waals surface area contributed by atoms with Gasteiger partial charge in [-0.15, -0.1) is 0 Å². The highest BCUT2D eigenvalue weighted by Gasteiger charge is 2.02. The molecule has 192 valence electrons. The molecule has 32 heavy (non-hydrogen) atoms. The van der Waals surface area contributed by atoms with Crippen molar-refractivity contribution in [3.05, 3.63) is 0 Å². The molecule has 0 aromatic carbocycles.